The van der Waals surface area contributed by atoms with Crippen molar-refractivity contribution in [1.29, 1.82) is 0 Å². The standard InChI is InChI=1S/C23H26ClN3O3/c24-18-11-9-17(10-12-18)16-27-20-7-2-1-6-19(20)22(25-27)30-15-5-14-26-13-4-3-8-21(26)23(28)29/h1-2,6-7,9-12,21H,3-5,8,13-16H2,(H,28,29). The molecule has 1 atom stereocenters. The highest BCUT2D eigenvalue weighted by atomic mass is 35.5. The van der Waals surface area contributed by atoms with Crippen LogP contribution in [-0.4, -0.2) is 51.5 Å². The normalized spacial score (nSPS) is 17.3. The van der Waals surface area contributed by atoms with Crippen molar-refractivity contribution in [1.82, 2.24) is 14.7 Å². The fraction of sp³-hybridized carbons (Fsp3) is 0.391. The molecule has 30 heavy (non-hydrogen) atoms. The molecule has 1 fully saturated rings. The smallest absolute Gasteiger partial charge is 0.320 e. The highest BCUT2D eigenvalue weighted by Gasteiger charge is 2.27. The fourth-order valence-electron chi connectivity index (χ4n) is 4.06. The van der Waals surface area contributed by atoms with Gasteiger partial charge in [-0.15, -0.1) is 5.10 Å². The number of aromatic nitrogens is 2. The zero-order valence-corrected chi connectivity index (χ0v) is 17.6. The first-order chi connectivity index (χ1) is 14.6. The quantitative estimate of drug-likeness (QED) is 0.538. The number of rotatable bonds is 8. The molecule has 1 unspecified atom stereocenters. The number of carboxylic acids is 1. The molecule has 158 valence electrons. The van der Waals surface area contributed by atoms with Crippen molar-refractivity contribution in [2.24, 2.45) is 0 Å². The second kappa shape index (κ2) is 9.49. The molecule has 0 radical (unpaired) electrons. The van der Waals surface area contributed by atoms with E-state index >= 15 is 0 Å². The number of ether oxygens (including phenoxy) is 1. The third kappa shape index (κ3) is 4.77. The molecule has 2 aromatic carbocycles. The summed E-state index contributed by atoms with van der Waals surface area (Å²) in [5.41, 5.74) is 2.13. The van der Waals surface area contributed by atoms with Crippen LogP contribution in [0.2, 0.25) is 5.02 Å². The third-order valence-corrected chi connectivity index (χ3v) is 5.85. The van der Waals surface area contributed by atoms with Crippen molar-refractivity contribution in [2.45, 2.75) is 38.3 Å². The van der Waals surface area contributed by atoms with E-state index in [9.17, 15) is 9.90 Å². The number of aliphatic carboxylic acids is 1. The highest BCUT2D eigenvalue weighted by molar-refractivity contribution is 6.30. The number of fused-ring (bicyclic) bond motifs is 1. The van der Waals surface area contributed by atoms with Gasteiger partial charge in [-0.05, 0) is 55.6 Å². The Morgan fingerprint density at radius 3 is 2.77 bits per heavy atom. The number of hydrogen-bond acceptors (Lipinski definition) is 4. The Morgan fingerprint density at radius 2 is 1.97 bits per heavy atom. The zero-order chi connectivity index (χ0) is 20.9. The van der Waals surface area contributed by atoms with Gasteiger partial charge in [0.2, 0.25) is 5.88 Å². The van der Waals surface area contributed by atoms with Gasteiger partial charge in [-0.1, -0.05) is 42.3 Å². The van der Waals surface area contributed by atoms with E-state index in [4.69, 9.17) is 16.3 Å². The van der Waals surface area contributed by atoms with Crippen LogP contribution in [0.5, 0.6) is 5.88 Å². The summed E-state index contributed by atoms with van der Waals surface area (Å²) in [6.07, 6.45) is 3.55. The van der Waals surface area contributed by atoms with Crippen LogP contribution in [0.25, 0.3) is 10.9 Å². The van der Waals surface area contributed by atoms with E-state index in [1.807, 2.05) is 53.2 Å². The van der Waals surface area contributed by atoms with Gasteiger partial charge >= 0.3 is 5.97 Å². The molecule has 0 saturated carbocycles. The molecule has 0 amide bonds. The van der Waals surface area contributed by atoms with Crippen LogP contribution in [0.3, 0.4) is 0 Å². The average Bonchev–Trinajstić information content (AvgIpc) is 3.10. The number of carboxylic acid groups (broad SMARTS) is 1. The molecule has 3 aromatic rings. The molecular weight excluding hydrogens is 402 g/mol. The lowest BCUT2D eigenvalue weighted by atomic mass is 10.0. The van der Waals surface area contributed by atoms with Gasteiger partial charge in [0.1, 0.15) is 6.04 Å². The minimum Gasteiger partial charge on any atom is -0.480 e. The van der Waals surface area contributed by atoms with Crippen LogP contribution >= 0.6 is 11.6 Å². The van der Waals surface area contributed by atoms with Crippen LogP contribution in [-0.2, 0) is 11.3 Å². The van der Waals surface area contributed by atoms with E-state index < -0.39 is 5.97 Å². The van der Waals surface area contributed by atoms with E-state index in [0.717, 1.165) is 55.2 Å². The lowest BCUT2D eigenvalue weighted by Crippen LogP contribution is -2.45. The van der Waals surface area contributed by atoms with Gasteiger partial charge in [0.15, 0.2) is 0 Å². The van der Waals surface area contributed by atoms with Gasteiger partial charge in [0, 0.05) is 11.6 Å². The molecule has 1 saturated heterocycles. The molecule has 0 spiro atoms. The molecule has 1 aromatic heterocycles. The molecular formula is C23H26ClN3O3. The van der Waals surface area contributed by atoms with Crippen molar-refractivity contribution in [3.63, 3.8) is 0 Å². The Morgan fingerprint density at radius 1 is 1.17 bits per heavy atom. The van der Waals surface area contributed by atoms with Gasteiger partial charge in [-0.3, -0.25) is 14.4 Å². The van der Waals surface area contributed by atoms with Crippen LogP contribution in [0, 0.1) is 0 Å². The van der Waals surface area contributed by atoms with Crippen molar-refractivity contribution < 1.29 is 14.6 Å². The molecule has 2 heterocycles. The van der Waals surface area contributed by atoms with Gasteiger partial charge in [-0.25, -0.2) is 0 Å². The lowest BCUT2D eigenvalue weighted by molar-refractivity contribution is -0.144. The first kappa shape index (κ1) is 20.7. The summed E-state index contributed by atoms with van der Waals surface area (Å²) in [6.45, 7) is 2.70. The average molecular weight is 428 g/mol. The number of halogens is 1. The Hall–Kier alpha value is -2.57. The minimum absolute atomic E-state index is 0.363. The van der Waals surface area contributed by atoms with Crippen molar-refractivity contribution in [3.05, 3.63) is 59.1 Å². The molecule has 7 heteroatoms. The second-order valence-electron chi connectivity index (χ2n) is 7.69. The summed E-state index contributed by atoms with van der Waals surface area (Å²) >= 11 is 5.99. The van der Waals surface area contributed by atoms with Gasteiger partial charge in [0.25, 0.3) is 0 Å². The monoisotopic (exact) mass is 427 g/mol. The predicted molar refractivity (Wildman–Crippen MR) is 117 cm³/mol. The first-order valence-corrected chi connectivity index (χ1v) is 10.8. The SMILES string of the molecule is O=C(O)C1CCCCN1CCCOc1nn(Cc2ccc(Cl)cc2)c2ccccc12. The van der Waals surface area contributed by atoms with Gasteiger partial charge in [0.05, 0.1) is 24.1 Å². The van der Waals surface area contributed by atoms with Crippen LogP contribution in [0.15, 0.2) is 48.5 Å². The van der Waals surface area contributed by atoms with E-state index in [0.29, 0.717) is 24.1 Å². The van der Waals surface area contributed by atoms with E-state index in [2.05, 4.69) is 10.00 Å². The maximum Gasteiger partial charge on any atom is 0.320 e. The number of hydrogen-bond donors (Lipinski definition) is 1. The van der Waals surface area contributed by atoms with Crippen molar-refractivity contribution in [2.75, 3.05) is 19.7 Å². The maximum absolute atomic E-state index is 11.4. The molecule has 4 rings (SSSR count). The van der Waals surface area contributed by atoms with E-state index in [1.165, 1.54) is 0 Å². The lowest BCUT2D eigenvalue weighted by Gasteiger charge is -2.32. The second-order valence-corrected chi connectivity index (χ2v) is 8.13. The van der Waals surface area contributed by atoms with Gasteiger partial charge < -0.3 is 9.84 Å². The van der Waals surface area contributed by atoms with Gasteiger partial charge in [-0.2, -0.15) is 0 Å². The molecule has 1 aliphatic rings. The number of nitrogens with zero attached hydrogens (tertiary/aromatic N) is 3. The van der Waals surface area contributed by atoms with Crippen molar-refractivity contribution in [3.8, 4) is 5.88 Å². The summed E-state index contributed by atoms with van der Waals surface area (Å²) in [5, 5.41) is 15.8. The third-order valence-electron chi connectivity index (χ3n) is 5.60. The number of benzene rings is 2. The summed E-state index contributed by atoms with van der Waals surface area (Å²) in [7, 11) is 0. The summed E-state index contributed by atoms with van der Waals surface area (Å²) in [6, 6.07) is 15.4. The van der Waals surface area contributed by atoms with Crippen molar-refractivity contribution >= 4 is 28.5 Å². The molecule has 0 aliphatic carbocycles. The Bertz CT molecular complexity index is 1000. The van der Waals surface area contributed by atoms with E-state index in [-0.39, 0.29) is 6.04 Å². The predicted octanol–water partition coefficient (Wildman–Crippen LogP) is 4.45. The van der Waals surface area contributed by atoms with E-state index in [1.54, 1.807) is 0 Å². The summed E-state index contributed by atoms with van der Waals surface area (Å²) in [5.74, 6) is -0.101. The Balaban J connectivity index is 1.40. The van der Waals surface area contributed by atoms with Crippen LogP contribution < -0.4 is 4.74 Å². The minimum atomic E-state index is -0.720. The maximum atomic E-state index is 11.4. The molecule has 1 N–H and O–H groups in total. The number of piperidine rings is 1. The molecule has 1 aliphatic heterocycles. The molecule has 6 nitrogen and oxygen atoms in total. The first-order valence-electron chi connectivity index (χ1n) is 10.4. The molecule has 0 bridgehead atoms. The largest absolute Gasteiger partial charge is 0.480 e. The summed E-state index contributed by atoms with van der Waals surface area (Å²) in [4.78, 5) is 13.5. The highest BCUT2D eigenvalue weighted by Crippen LogP contribution is 2.26. The van der Waals surface area contributed by atoms with Crippen LogP contribution in [0.1, 0.15) is 31.2 Å². The number of para-hydroxylation sites is 1. The number of carbonyl (C=O) groups is 1. The Labute approximate surface area is 181 Å². The van der Waals surface area contributed by atoms with Crippen LogP contribution in [0.4, 0.5) is 0 Å². The summed E-state index contributed by atoms with van der Waals surface area (Å²) < 4.78 is 7.96. The topological polar surface area (TPSA) is 67.6 Å². The fourth-order valence-corrected chi connectivity index (χ4v) is 4.19. The number of likely N-dealkylation sites (tertiary alicyclic amines) is 1. The zero-order valence-electron chi connectivity index (χ0n) is 16.8. The Kier molecular flexibility index (Phi) is 6.55.